The zero-order chi connectivity index (χ0) is 16.8. The molecular weight excluding hydrogens is 326 g/mol. The summed E-state index contributed by atoms with van der Waals surface area (Å²) in [6, 6.07) is 6.61. The maximum Gasteiger partial charge on any atom is 0.152 e. The molecule has 0 bridgehead atoms. The lowest BCUT2D eigenvalue weighted by molar-refractivity contribution is 0.124. The first-order chi connectivity index (χ1) is 11.5. The molecule has 2 aliphatic carbocycles. The zero-order valence-corrected chi connectivity index (χ0v) is 14.8. The van der Waals surface area contributed by atoms with Crippen molar-refractivity contribution in [3.8, 4) is 0 Å². The summed E-state index contributed by atoms with van der Waals surface area (Å²) in [5.41, 5.74) is 0.879. The second-order valence-electron chi connectivity index (χ2n) is 7.88. The molecule has 0 saturated heterocycles. The SMILES string of the molecule is C[C@@H]1CC[C@@H]2CC(c3cc4cccc(F)c4c(F)c3Cl)CCC2C1. The number of hydrogen-bond donors (Lipinski definition) is 0. The third-order valence-corrected chi connectivity index (χ3v) is 6.72. The largest absolute Gasteiger partial charge is 0.206 e. The average molecular weight is 349 g/mol. The summed E-state index contributed by atoms with van der Waals surface area (Å²) in [5, 5.41) is 0.762. The molecule has 4 atom stereocenters. The molecule has 0 nitrogen and oxygen atoms in total. The van der Waals surface area contributed by atoms with Crippen molar-refractivity contribution in [1.82, 2.24) is 0 Å². The van der Waals surface area contributed by atoms with E-state index in [2.05, 4.69) is 6.92 Å². The van der Waals surface area contributed by atoms with E-state index in [1.807, 2.05) is 6.07 Å². The number of halogens is 3. The molecule has 0 heterocycles. The van der Waals surface area contributed by atoms with Crippen molar-refractivity contribution >= 4 is 22.4 Å². The third kappa shape index (κ3) is 2.73. The summed E-state index contributed by atoms with van der Waals surface area (Å²) >= 11 is 6.33. The van der Waals surface area contributed by atoms with Crippen molar-refractivity contribution < 1.29 is 8.78 Å². The van der Waals surface area contributed by atoms with Crippen molar-refractivity contribution in [2.45, 2.75) is 51.4 Å². The van der Waals surface area contributed by atoms with Crippen LogP contribution in [0.2, 0.25) is 5.02 Å². The molecule has 0 radical (unpaired) electrons. The lowest BCUT2D eigenvalue weighted by Gasteiger charge is -2.41. The van der Waals surface area contributed by atoms with Gasteiger partial charge < -0.3 is 0 Å². The van der Waals surface area contributed by atoms with E-state index in [1.165, 1.54) is 31.7 Å². The highest BCUT2D eigenvalue weighted by Crippen LogP contribution is 2.49. The molecule has 2 aromatic rings. The van der Waals surface area contributed by atoms with Gasteiger partial charge in [-0.2, -0.15) is 0 Å². The van der Waals surface area contributed by atoms with Crippen LogP contribution in [0.15, 0.2) is 24.3 Å². The van der Waals surface area contributed by atoms with Gasteiger partial charge in [0.2, 0.25) is 0 Å². The van der Waals surface area contributed by atoms with Gasteiger partial charge in [-0.25, -0.2) is 8.78 Å². The molecule has 4 rings (SSSR count). The van der Waals surface area contributed by atoms with Crippen LogP contribution >= 0.6 is 11.6 Å². The van der Waals surface area contributed by atoms with Crippen molar-refractivity contribution in [3.05, 3.63) is 46.5 Å². The lowest BCUT2D eigenvalue weighted by atomic mass is 9.64. The van der Waals surface area contributed by atoms with Crippen LogP contribution < -0.4 is 0 Å². The third-order valence-electron chi connectivity index (χ3n) is 6.34. The van der Waals surface area contributed by atoms with E-state index in [1.54, 1.807) is 12.1 Å². The van der Waals surface area contributed by atoms with Gasteiger partial charge in [0.05, 0.1) is 10.4 Å². The first kappa shape index (κ1) is 16.3. The van der Waals surface area contributed by atoms with Gasteiger partial charge in [-0.15, -0.1) is 0 Å². The number of fused-ring (bicyclic) bond motifs is 2. The van der Waals surface area contributed by atoms with Crippen molar-refractivity contribution in [3.63, 3.8) is 0 Å². The molecule has 3 heteroatoms. The first-order valence-corrected chi connectivity index (χ1v) is 9.48. The highest BCUT2D eigenvalue weighted by molar-refractivity contribution is 6.32. The van der Waals surface area contributed by atoms with Crippen LogP contribution in [0.25, 0.3) is 10.8 Å². The van der Waals surface area contributed by atoms with E-state index in [4.69, 9.17) is 11.6 Å². The average Bonchev–Trinajstić information content (AvgIpc) is 2.57. The van der Waals surface area contributed by atoms with Gasteiger partial charge in [0.15, 0.2) is 5.82 Å². The van der Waals surface area contributed by atoms with E-state index in [0.717, 1.165) is 36.2 Å². The van der Waals surface area contributed by atoms with Crippen LogP contribution in [-0.2, 0) is 0 Å². The lowest BCUT2D eigenvalue weighted by Crippen LogP contribution is -2.29. The Balaban J connectivity index is 1.69. The number of hydrogen-bond acceptors (Lipinski definition) is 0. The van der Waals surface area contributed by atoms with Crippen molar-refractivity contribution in [1.29, 1.82) is 0 Å². The highest BCUT2D eigenvalue weighted by atomic mass is 35.5. The van der Waals surface area contributed by atoms with Gasteiger partial charge in [0.1, 0.15) is 5.82 Å². The second-order valence-corrected chi connectivity index (χ2v) is 8.26. The number of rotatable bonds is 1. The minimum atomic E-state index is -0.596. The summed E-state index contributed by atoms with van der Waals surface area (Å²) in [6.45, 7) is 2.35. The van der Waals surface area contributed by atoms with Gasteiger partial charge in [0, 0.05) is 0 Å². The molecule has 0 aliphatic heterocycles. The standard InChI is InChI=1S/C21H23ClF2/c1-12-5-6-14-10-15(8-7-13(14)9-12)17-11-16-3-2-4-18(23)19(16)21(24)20(17)22/h2-4,11-15H,5-10H2,1H3/t12-,13?,14-,15?/m1/s1. The fourth-order valence-corrected chi connectivity index (χ4v) is 5.37. The summed E-state index contributed by atoms with van der Waals surface area (Å²) in [6.07, 6.45) is 7.29. The Bertz CT molecular complexity index is 770. The minimum Gasteiger partial charge on any atom is -0.206 e. The molecule has 2 aromatic carbocycles. The second kappa shape index (κ2) is 6.29. The predicted octanol–water partition coefficient (Wildman–Crippen LogP) is 7.09. The highest BCUT2D eigenvalue weighted by Gasteiger charge is 2.36. The summed E-state index contributed by atoms with van der Waals surface area (Å²) in [4.78, 5) is 0. The van der Waals surface area contributed by atoms with Crippen molar-refractivity contribution in [2.24, 2.45) is 17.8 Å². The van der Waals surface area contributed by atoms with E-state index in [-0.39, 0.29) is 10.4 Å². The maximum absolute atomic E-state index is 14.7. The van der Waals surface area contributed by atoms with Crippen molar-refractivity contribution in [2.75, 3.05) is 0 Å². The molecule has 2 fully saturated rings. The molecule has 0 amide bonds. The zero-order valence-electron chi connectivity index (χ0n) is 14.0. The Kier molecular flexibility index (Phi) is 4.28. The maximum atomic E-state index is 14.7. The van der Waals surface area contributed by atoms with Gasteiger partial charge in [-0.3, -0.25) is 0 Å². The van der Waals surface area contributed by atoms with Gasteiger partial charge in [0.25, 0.3) is 0 Å². The van der Waals surface area contributed by atoms with Gasteiger partial charge in [-0.05, 0) is 78.9 Å². The monoisotopic (exact) mass is 348 g/mol. The van der Waals surface area contributed by atoms with Crippen LogP contribution in [0.5, 0.6) is 0 Å². The molecule has 0 spiro atoms. The molecular formula is C21H23ClF2. The van der Waals surface area contributed by atoms with Gasteiger partial charge in [-0.1, -0.05) is 37.1 Å². The predicted molar refractivity (Wildman–Crippen MR) is 95.5 cm³/mol. The molecule has 0 aromatic heterocycles. The summed E-state index contributed by atoms with van der Waals surface area (Å²) in [5.74, 6) is 1.57. The van der Waals surface area contributed by atoms with Crippen LogP contribution in [0.4, 0.5) is 8.78 Å². The molecule has 2 unspecified atom stereocenters. The smallest absolute Gasteiger partial charge is 0.152 e. The first-order valence-electron chi connectivity index (χ1n) is 9.10. The van der Waals surface area contributed by atoms with Crippen LogP contribution in [0.3, 0.4) is 0 Å². The molecule has 0 N–H and O–H groups in total. The fraction of sp³-hybridized carbons (Fsp3) is 0.524. The van der Waals surface area contributed by atoms with E-state index in [9.17, 15) is 8.78 Å². The van der Waals surface area contributed by atoms with Gasteiger partial charge >= 0.3 is 0 Å². The van der Waals surface area contributed by atoms with Crippen LogP contribution in [0.1, 0.15) is 56.9 Å². The minimum absolute atomic E-state index is 0.0198. The molecule has 2 saturated carbocycles. The summed E-state index contributed by atoms with van der Waals surface area (Å²) < 4.78 is 28.6. The number of benzene rings is 2. The van der Waals surface area contributed by atoms with E-state index in [0.29, 0.717) is 11.3 Å². The molecule has 24 heavy (non-hydrogen) atoms. The van der Waals surface area contributed by atoms with Crippen LogP contribution in [-0.4, -0.2) is 0 Å². The quantitative estimate of drug-likeness (QED) is 0.516. The van der Waals surface area contributed by atoms with E-state index < -0.39 is 11.6 Å². The molecule has 128 valence electrons. The topological polar surface area (TPSA) is 0 Å². The summed E-state index contributed by atoms with van der Waals surface area (Å²) in [7, 11) is 0. The Morgan fingerprint density at radius 3 is 2.58 bits per heavy atom. The Morgan fingerprint density at radius 2 is 1.75 bits per heavy atom. The van der Waals surface area contributed by atoms with E-state index >= 15 is 0 Å². The Labute approximate surface area is 147 Å². The van der Waals surface area contributed by atoms with Crippen LogP contribution in [0, 0.1) is 29.4 Å². The fourth-order valence-electron chi connectivity index (χ4n) is 5.06. The normalized spacial score (nSPS) is 30.3. The molecule has 2 aliphatic rings. The Morgan fingerprint density at radius 1 is 1.00 bits per heavy atom. The Hall–Kier alpha value is -1.15.